The van der Waals surface area contributed by atoms with E-state index in [2.05, 4.69) is 20.9 Å². The van der Waals surface area contributed by atoms with Crippen LogP contribution < -0.4 is 21.7 Å². The van der Waals surface area contributed by atoms with Crippen LogP contribution in [0, 0.1) is 5.92 Å². The molecule has 2 aromatic carbocycles. The third-order valence-electron chi connectivity index (χ3n) is 6.61. The summed E-state index contributed by atoms with van der Waals surface area (Å²) in [6, 6.07) is 11.3. The lowest BCUT2D eigenvalue weighted by molar-refractivity contribution is -0.144. The van der Waals surface area contributed by atoms with Crippen LogP contribution in [0.1, 0.15) is 31.4 Å². The second-order valence-corrected chi connectivity index (χ2v) is 10.1. The van der Waals surface area contributed by atoms with Crippen LogP contribution in [0.3, 0.4) is 0 Å². The second-order valence-electron chi connectivity index (χ2n) is 10.1. The van der Waals surface area contributed by atoms with Gasteiger partial charge in [0.15, 0.2) is 0 Å². The van der Waals surface area contributed by atoms with Crippen molar-refractivity contribution in [2.45, 2.75) is 57.3 Å². The molecule has 12 heteroatoms. The van der Waals surface area contributed by atoms with Crippen molar-refractivity contribution in [2.75, 3.05) is 0 Å². The quantitative estimate of drug-likeness (QED) is 0.150. The topological polar surface area (TPSA) is 204 Å². The number of carboxylic acid groups (broad SMARTS) is 2. The molecule has 0 saturated carbocycles. The molecule has 0 aliphatic heterocycles. The molecule has 0 spiro atoms. The molecule has 0 aliphatic carbocycles. The van der Waals surface area contributed by atoms with Gasteiger partial charge in [-0.2, -0.15) is 0 Å². The van der Waals surface area contributed by atoms with Crippen molar-refractivity contribution in [2.24, 2.45) is 11.7 Å². The van der Waals surface area contributed by atoms with Gasteiger partial charge >= 0.3 is 11.9 Å². The number of aliphatic carboxylic acids is 2. The number of amides is 3. The lowest BCUT2D eigenvalue weighted by atomic mass is 10.0. The molecular formula is C29H35N5O7. The van der Waals surface area contributed by atoms with Gasteiger partial charge in [0.25, 0.3) is 0 Å². The highest BCUT2D eigenvalue weighted by Crippen LogP contribution is 2.19. The summed E-state index contributed by atoms with van der Waals surface area (Å²) in [6.45, 7) is 3.16. The molecule has 41 heavy (non-hydrogen) atoms. The van der Waals surface area contributed by atoms with Crippen LogP contribution in [0.5, 0.6) is 0 Å². The predicted octanol–water partition coefficient (Wildman–Crippen LogP) is 0.950. The Balaban J connectivity index is 1.84. The third-order valence-corrected chi connectivity index (χ3v) is 6.61. The average molecular weight is 566 g/mol. The number of aromatic nitrogens is 1. The molecule has 0 bridgehead atoms. The number of benzene rings is 2. The molecule has 1 aromatic heterocycles. The van der Waals surface area contributed by atoms with Gasteiger partial charge in [-0.15, -0.1) is 0 Å². The maximum absolute atomic E-state index is 13.5. The number of carbonyl (C=O) groups is 5. The number of para-hydroxylation sites is 1. The first-order valence-corrected chi connectivity index (χ1v) is 13.2. The fourth-order valence-corrected chi connectivity index (χ4v) is 4.39. The molecule has 8 N–H and O–H groups in total. The summed E-state index contributed by atoms with van der Waals surface area (Å²) < 4.78 is 0. The molecule has 0 radical (unpaired) electrons. The number of fused-ring (bicyclic) bond motifs is 1. The van der Waals surface area contributed by atoms with Gasteiger partial charge in [-0.3, -0.25) is 19.2 Å². The zero-order chi connectivity index (χ0) is 30.1. The minimum absolute atomic E-state index is 0.00476. The lowest BCUT2D eigenvalue weighted by Crippen LogP contribution is -2.58. The first kappa shape index (κ1) is 30.8. The molecule has 3 rings (SSSR count). The van der Waals surface area contributed by atoms with Crippen molar-refractivity contribution >= 4 is 40.6 Å². The highest BCUT2D eigenvalue weighted by molar-refractivity contribution is 5.96. The largest absolute Gasteiger partial charge is 0.481 e. The molecular weight excluding hydrogens is 530 g/mol. The standard InChI is InChI=1S/C29H35N5O7/c1-16(2)25(29(40)41)34-28(39)23(14-24(35)36)33-27(38)22(13-18-15-31-21-11-7-6-10-19(18)21)32-26(37)20(30)12-17-8-4-3-5-9-17/h3-11,15-16,20,22-23,25,31H,12-14,30H2,1-2H3,(H,32,37)(H,33,38)(H,34,39)(H,35,36)(H,40,41). The van der Waals surface area contributed by atoms with E-state index in [4.69, 9.17) is 5.73 Å². The predicted molar refractivity (Wildman–Crippen MR) is 151 cm³/mol. The smallest absolute Gasteiger partial charge is 0.326 e. The summed E-state index contributed by atoms with van der Waals surface area (Å²) in [4.78, 5) is 65.7. The molecule has 3 amide bonds. The van der Waals surface area contributed by atoms with Crippen LogP contribution in [0.25, 0.3) is 10.9 Å². The van der Waals surface area contributed by atoms with Crippen LogP contribution in [0.2, 0.25) is 0 Å². The highest BCUT2D eigenvalue weighted by atomic mass is 16.4. The summed E-state index contributed by atoms with van der Waals surface area (Å²) in [6.07, 6.45) is 1.11. The number of aromatic amines is 1. The molecule has 3 aromatic rings. The first-order valence-electron chi connectivity index (χ1n) is 13.2. The SMILES string of the molecule is CC(C)C(NC(=O)C(CC(=O)O)NC(=O)C(Cc1c[nH]c2ccccc12)NC(=O)C(N)Cc1ccccc1)C(=O)O. The minimum atomic E-state index is -1.60. The van der Waals surface area contributed by atoms with Gasteiger partial charge in [0.2, 0.25) is 17.7 Å². The van der Waals surface area contributed by atoms with E-state index in [0.717, 1.165) is 16.5 Å². The van der Waals surface area contributed by atoms with E-state index in [-0.39, 0.29) is 12.8 Å². The van der Waals surface area contributed by atoms with Crippen molar-refractivity contribution in [3.63, 3.8) is 0 Å². The van der Waals surface area contributed by atoms with E-state index >= 15 is 0 Å². The molecule has 12 nitrogen and oxygen atoms in total. The number of carboxylic acids is 2. The average Bonchev–Trinajstić information content (AvgIpc) is 3.33. The number of hydrogen-bond acceptors (Lipinski definition) is 6. The molecule has 0 saturated heterocycles. The van der Waals surface area contributed by atoms with Gasteiger partial charge in [-0.05, 0) is 29.5 Å². The lowest BCUT2D eigenvalue weighted by Gasteiger charge is -2.25. The Morgan fingerprint density at radius 1 is 0.805 bits per heavy atom. The Kier molecular flexibility index (Phi) is 10.6. The van der Waals surface area contributed by atoms with Gasteiger partial charge in [-0.1, -0.05) is 62.4 Å². The van der Waals surface area contributed by atoms with Crippen LogP contribution in [-0.4, -0.2) is 69.0 Å². The molecule has 4 unspecified atom stereocenters. The van der Waals surface area contributed by atoms with E-state index in [1.807, 2.05) is 54.6 Å². The molecule has 218 valence electrons. The van der Waals surface area contributed by atoms with Gasteiger partial charge in [0, 0.05) is 23.5 Å². The molecule has 0 aliphatic rings. The van der Waals surface area contributed by atoms with Crippen LogP contribution in [-0.2, 0) is 36.8 Å². The van der Waals surface area contributed by atoms with E-state index in [1.165, 1.54) is 0 Å². The Morgan fingerprint density at radius 3 is 2.05 bits per heavy atom. The summed E-state index contributed by atoms with van der Waals surface area (Å²) in [5.41, 5.74) is 8.47. The second kappa shape index (κ2) is 14.1. The van der Waals surface area contributed by atoms with Crippen LogP contribution in [0.15, 0.2) is 60.8 Å². The number of nitrogens with two attached hydrogens (primary N) is 1. The van der Waals surface area contributed by atoms with Crippen molar-refractivity contribution in [1.82, 2.24) is 20.9 Å². The molecule has 0 fully saturated rings. The minimum Gasteiger partial charge on any atom is -0.481 e. The summed E-state index contributed by atoms with van der Waals surface area (Å²) in [7, 11) is 0. The van der Waals surface area contributed by atoms with Crippen molar-refractivity contribution < 1.29 is 34.2 Å². The Hall–Kier alpha value is -4.71. The maximum atomic E-state index is 13.5. The Bertz CT molecular complexity index is 1390. The number of hydrogen-bond donors (Lipinski definition) is 7. The summed E-state index contributed by atoms with van der Waals surface area (Å²) in [5.74, 6) is -5.60. The molecule has 4 atom stereocenters. The number of nitrogens with one attached hydrogen (secondary N) is 4. The van der Waals surface area contributed by atoms with Gasteiger partial charge in [0.1, 0.15) is 18.1 Å². The van der Waals surface area contributed by atoms with Gasteiger partial charge < -0.3 is 36.9 Å². The highest BCUT2D eigenvalue weighted by Gasteiger charge is 2.33. The normalized spacial score (nSPS) is 14.0. The fraction of sp³-hybridized carbons (Fsp3) is 0.345. The monoisotopic (exact) mass is 565 g/mol. The van der Waals surface area contributed by atoms with E-state index in [1.54, 1.807) is 20.0 Å². The summed E-state index contributed by atoms with van der Waals surface area (Å²) >= 11 is 0. The van der Waals surface area contributed by atoms with E-state index in [9.17, 15) is 34.2 Å². The van der Waals surface area contributed by atoms with Gasteiger partial charge in [-0.25, -0.2) is 4.79 Å². The molecule has 1 heterocycles. The third kappa shape index (κ3) is 8.64. The number of carbonyl (C=O) groups excluding carboxylic acids is 3. The van der Waals surface area contributed by atoms with Crippen molar-refractivity contribution in [3.8, 4) is 0 Å². The van der Waals surface area contributed by atoms with Gasteiger partial charge in [0.05, 0.1) is 12.5 Å². The van der Waals surface area contributed by atoms with Crippen molar-refractivity contribution in [1.29, 1.82) is 0 Å². The first-order chi connectivity index (χ1) is 19.5. The van der Waals surface area contributed by atoms with Crippen LogP contribution in [0.4, 0.5) is 0 Å². The van der Waals surface area contributed by atoms with E-state index in [0.29, 0.717) is 5.56 Å². The number of H-pyrrole nitrogens is 1. The maximum Gasteiger partial charge on any atom is 0.326 e. The van der Waals surface area contributed by atoms with Crippen molar-refractivity contribution in [3.05, 3.63) is 71.9 Å². The Morgan fingerprint density at radius 2 is 1.41 bits per heavy atom. The van der Waals surface area contributed by atoms with Crippen LogP contribution >= 0.6 is 0 Å². The number of rotatable bonds is 14. The zero-order valence-corrected chi connectivity index (χ0v) is 22.8. The summed E-state index contributed by atoms with van der Waals surface area (Å²) in [5, 5.41) is 27.0. The Labute approximate surface area is 236 Å². The van der Waals surface area contributed by atoms with E-state index < -0.39 is 66.2 Å². The zero-order valence-electron chi connectivity index (χ0n) is 22.8. The fourth-order valence-electron chi connectivity index (χ4n) is 4.39.